The molecule has 1 fully saturated rings. The molecule has 0 aliphatic carbocycles. The number of nitrogen functional groups attached to an aromatic ring is 1. The average molecular weight is 258 g/mol. The van der Waals surface area contributed by atoms with E-state index in [0.29, 0.717) is 18.7 Å². The van der Waals surface area contributed by atoms with Gasteiger partial charge in [0, 0.05) is 29.3 Å². The summed E-state index contributed by atoms with van der Waals surface area (Å²) in [5, 5.41) is 2.12. The Balaban J connectivity index is 2.20. The lowest BCUT2D eigenvalue weighted by Crippen LogP contribution is -2.24. The van der Waals surface area contributed by atoms with Crippen molar-refractivity contribution in [2.24, 2.45) is 0 Å². The monoisotopic (exact) mass is 258 g/mol. The first-order chi connectivity index (χ1) is 8.66. The van der Waals surface area contributed by atoms with E-state index in [9.17, 15) is 4.79 Å². The van der Waals surface area contributed by atoms with Crippen LogP contribution in [0.25, 0.3) is 10.8 Å². The van der Waals surface area contributed by atoms with Crippen LogP contribution < -0.4 is 10.6 Å². The van der Waals surface area contributed by atoms with Crippen LogP contribution in [0, 0.1) is 0 Å². The second-order valence-electron chi connectivity index (χ2n) is 4.58. The van der Waals surface area contributed by atoms with Gasteiger partial charge in [0.05, 0.1) is 5.69 Å². The maximum atomic E-state index is 12.0. The van der Waals surface area contributed by atoms with Crippen molar-refractivity contribution in [3.8, 4) is 0 Å². The number of anilines is 2. The van der Waals surface area contributed by atoms with Gasteiger partial charge >= 0.3 is 0 Å². The molecular formula is C14H14N2OS. The number of hydrogen-bond acceptors (Lipinski definition) is 3. The lowest BCUT2D eigenvalue weighted by atomic mass is 10.1. The summed E-state index contributed by atoms with van der Waals surface area (Å²) in [6, 6.07) is 11.7. The number of carbonyl (C=O) groups excluding carboxylic acids is 1. The van der Waals surface area contributed by atoms with Crippen LogP contribution in [-0.2, 0) is 4.79 Å². The maximum absolute atomic E-state index is 12.0. The standard InChI is InChI=1S/C14H14N2OS/c15-11-5-1-3-9-4-2-6-12(14(9)11)16-8-10(18)7-13(16)17/h1-6,10,18H,7-8,15H2. The van der Waals surface area contributed by atoms with E-state index in [4.69, 9.17) is 5.73 Å². The lowest BCUT2D eigenvalue weighted by molar-refractivity contribution is -0.117. The number of thiol groups is 1. The fourth-order valence-corrected chi connectivity index (χ4v) is 2.82. The van der Waals surface area contributed by atoms with E-state index >= 15 is 0 Å². The summed E-state index contributed by atoms with van der Waals surface area (Å²) in [4.78, 5) is 13.8. The Morgan fingerprint density at radius 2 is 1.94 bits per heavy atom. The second kappa shape index (κ2) is 4.21. The van der Waals surface area contributed by atoms with Gasteiger partial charge in [-0.25, -0.2) is 0 Å². The summed E-state index contributed by atoms with van der Waals surface area (Å²) in [6.07, 6.45) is 0.492. The van der Waals surface area contributed by atoms with Crippen molar-refractivity contribution in [3.05, 3.63) is 36.4 Å². The average Bonchev–Trinajstić information content (AvgIpc) is 2.68. The molecule has 2 aromatic rings. The van der Waals surface area contributed by atoms with Gasteiger partial charge in [-0.2, -0.15) is 12.6 Å². The van der Waals surface area contributed by atoms with Crippen molar-refractivity contribution < 1.29 is 4.79 Å². The number of amides is 1. The highest BCUT2D eigenvalue weighted by atomic mass is 32.1. The number of carbonyl (C=O) groups is 1. The van der Waals surface area contributed by atoms with E-state index in [-0.39, 0.29) is 11.2 Å². The van der Waals surface area contributed by atoms with Crippen molar-refractivity contribution in [1.29, 1.82) is 0 Å². The SMILES string of the molecule is Nc1cccc2cccc(N3CC(S)CC3=O)c12. The summed E-state index contributed by atoms with van der Waals surface area (Å²) >= 11 is 4.39. The summed E-state index contributed by atoms with van der Waals surface area (Å²) in [5.74, 6) is 0.116. The predicted molar refractivity (Wildman–Crippen MR) is 78.1 cm³/mol. The Labute approximate surface area is 111 Å². The predicted octanol–water partition coefficient (Wildman–Crippen LogP) is 2.46. The van der Waals surface area contributed by atoms with Crippen LogP contribution in [-0.4, -0.2) is 17.7 Å². The van der Waals surface area contributed by atoms with Gasteiger partial charge in [0.1, 0.15) is 0 Å². The highest BCUT2D eigenvalue weighted by molar-refractivity contribution is 7.81. The molecule has 18 heavy (non-hydrogen) atoms. The van der Waals surface area contributed by atoms with E-state index in [1.165, 1.54) is 0 Å². The van der Waals surface area contributed by atoms with E-state index < -0.39 is 0 Å². The fraction of sp³-hybridized carbons (Fsp3) is 0.214. The van der Waals surface area contributed by atoms with Crippen LogP contribution >= 0.6 is 12.6 Å². The zero-order valence-corrected chi connectivity index (χ0v) is 10.7. The van der Waals surface area contributed by atoms with E-state index in [1.54, 1.807) is 4.90 Å². The zero-order valence-electron chi connectivity index (χ0n) is 9.84. The molecule has 2 aromatic carbocycles. The number of benzene rings is 2. The van der Waals surface area contributed by atoms with Gasteiger partial charge in [-0.3, -0.25) is 4.79 Å². The summed E-state index contributed by atoms with van der Waals surface area (Å²) in [6.45, 7) is 0.648. The normalized spacial score (nSPS) is 19.7. The molecule has 1 amide bonds. The van der Waals surface area contributed by atoms with E-state index in [0.717, 1.165) is 16.5 Å². The smallest absolute Gasteiger partial charge is 0.228 e. The zero-order chi connectivity index (χ0) is 12.7. The molecule has 1 atom stereocenters. The minimum atomic E-state index is 0.109. The second-order valence-corrected chi connectivity index (χ2v) is 5.32. The Morgan fingerprint density at radius 3 is 2.61 bits per heavy atom. The molecule has 3 nitrogen and oxygen atoms in total. The molecule has 1 saturated heterocycles. The van der Waals surface area contributed by atoms with Crippen molar-refractivity contribution in [1.82, 2.24) is 0 Å². The number of rotatable bonds is 1. The first kappa shape index (κ1) is 11.4. The van der Waals surface area contributed by atoms with Crippen LogP contribution in [0.3, 0.4) is 0 Å². The summed E-state index contributed by atoms with van der Waals surface area (Å²) < 4.78 is 0. The van der Waals surface area contributed by atoms with Crippen molar-refractivity contribution in [3.63, 3.8) is 0 Å². The highest BCUT2D eigenvalue weighted by Crippen LogP contribution is 2.34. The molecule has 1 unspecified atom stereocenters. The molecule has 1 aliphatic rings. The lowest BCUT2D eigenvalue weighted by Gasteiger charge is -2.19. The minimum Gasteiger partial charge on any atom is -0.398 e. The fourth-order valence-electron chi connectivity index (χ4n) is 2.50. The van der Waals surface area contributed by atoms with Crippen LogP contribution in [0.2, 0.25) is 0 Å². The van der Waals surface area contributed by atoms with Gasteiger partial charge in [-0.1, -0.05) is 24.3 Å². The molecule has 2 N–H and O–H groups in total. The molecular weight excluding hydrogens is 244 g/mol. The topological polar surface area (TPSA) is 46.3 Å². The number of hydrogen-bond donors (Lipinski definition) is 2. The molecule has 0 aromatic heterocycles. The maximum Gasteiger partial charge on any atom is 0.228 e. The minimum absolute atomic E-state index is 0.109. The first-order valence-electron chi connectivity index (χ1n) is 5.92. The molecule has 92 valence electrons. The van der Waals surface area contributed by atoms with Gasteiger partial charge in [-0.05, 0) is 17.5 Å². The molecule has 0 saturated carbocycles. The van der Waals surface area contributed by atoms with Gasteiger partial charge in [0.2, 0.25) is 5.91 Å². The van der Waals surface area contributed by atoms with Gasteiger partial charge in [-0.15, -0.1) is 0 Å². The molecule has 3 rings (SSSR count). The van der Waals surface area contributed by atoms with E-state index in [1.807, 2.05) is 36.4 Å². The van der Waals surface area contributed by atoms with Crippen molar-refractivity contribution in [2.45, 2.75) is 11.7 Å². The van der Waals surface area contributed by atoms with Crippen LogP contribution in [0.5, 0.6) is 0 Å². The Hall–Kier alpha value is -1.68. The van der Waals surface area contributed by atoms with Gasteiger partial charge < -0.3 is 10.6 Å². The molecule has 0 spiro atoms. The highest BCUT2D eigenvalue weighted by Gasteiger charge is 2.29. The number of nitrogens with zero attached hydrogens (tertiary/aromatic N) is 1. The van der Waals surface area contributed by atoms with Crippen LogP contribution in [0.1, 0.15) is 6.42 Å². The third-order valence-corrected chi connectivity index (χ3v) is 3.66. The van der Waals surface area contributed by atoms with Crippen LogP contribution in [0.15, 0.2) is 36.4 Å². The first-order valence-corrected chi connectivity index (χ1v) is 6.44. The van der Waals surface area contributed by atoms with Crippen molar-refractivity contribution >= 4 is 40.7 Å². The van der Waals surface area contributed by atoms with Gasteiger partial charge in [0.15, 0.2) is 0 Å². The van der Waals surface area contributed by atoms with Crippen LogP contribution in [0.4, 0.5) is 11.4 Å². The molecule has 1 heterocycles. The molecule has 4 heteroatoms. The third kappa shape index (κ3) is 1.73. The number of nitrogens with two attached hydrogens (primary N) is 1. The summed E-state index contributed by atoms with van der Waals surface area (Å²) in [5.41, 5.74) is 7.65. The Kier molecular flexibility index (Phi) is 2.67. The van der Waals surface area contributed by atoms with Crippen molar-refractivity contribution in [2.75, 3.05) is 17.2 Å². The van der Waals surface area contributed by atoms with Gasteiger partial charge in [0.25, 0.3) is 0 Å². The molecule has 0 bridgehead atoms. The Bertz CT molecular complexity index is 621. The Morgan fingerprint density at radius 1 is 1.22 bits per heavy atom. The quantitative estimate of drug-likeness (QED) is 0.609. The number of fused-ring (bicyclic) bond motifs is 1. The molecule has 1 aliphatic heterocycles. The third-order valence-electron chi connectivity index (χ3n) is 3.31. The summed E-state index contributed by atoms with van der Waals surface area (Å²) in [7, 11) is 0. The van der Waals surface area contributed by atoms with E-state index in [2.05, 4.69) is 12.6 Å². The molecule has 0 radical (unpaired) electrons. The largest absolute Gasteiger partial charge is 0.398 e.